The molecule has 0 saturated heterocycles. The molecule has 0 aromatic carbocycles. The van der Waals surface area contributed by atoms with E-state index in [1.54, 1.807) is 0 Å². The fraction of sp³-hybridized carbons (Fsp3) is 0.917. The predicted molar refractivity (Wildman–Crippen MR) is 120 cm³/mol. The maximum Gasteiger partial charge on any atom is 0.407 e. The van der Waals surface area contributed by atoms with Crippen LogP contribution in [0.3, 0.4) is 0 Å². The lowest BCUT2D eigenvalue weighted by atomic mass is 9.99. The van der Waals surface area contributed by atoms with Gasteiger partial charge in [0.1, 0.15) is 6.04 Å². The van der Waals surface area contributed by atoms with Gasteiger partial charge in [-0.05, 0) is 18.3 Å². The number of ether oxygens (including phenoxy) is 2. The molecule has 5 heteroatoms. The summed E-state index contributed by atoms with van der Waals surface area (Å²) in [4.78, 5) is 24.3. The quantitative estimate of drug-likeness (QED) is 0.211. The van der Waals surface area contributed by atoms with Gasteiger partial charge in [0.2, 0.25) is 0 Å². The van der Waals surface area contributed by atoms with E-state index in [-0.39, 0.29) is 11.4 Å². The van der Waals surface area contributed by atoms with Crippen LogP contribution < -0.4 is 5.32 Å². The molecule has 0 spiro atoms. The number of alkyl carbamates (subject to hydrolysis) is 1. The van der Waals surface area contributed by atoms with Crippen LogP contribution >= 0.6 is 0 Å². The topological polar surface area (TPSA) is 64.6 Å². The number of rotatable bonds is 17. The highest BCUT2D eigenvalue weighted by Crippen LogP contribution is 2.13. The van der Waals surface area contributed by atoms with Crippen molar-refractivity contribution >= 4 is 12.1 Å². The van der Waals surface area contributed by atoms with Gasteiger partial charge in [-0.2, -0.15) is 0 Å². The molecule has 1 atom stereocenters. The molecule has 1 unspecified atom stereocenters. The van der Waals surface area contributed by atoms with Gasteiger partial charge in [-0.3, -0.25) is 0 Å². The maximum atomic E-state index is 12.4. The smallest absolute Gasteiger partial charge is 0.407 e. The molecule has 0 bridgehead atoms. The minimum absolute atomic E-state index is 0.105. The van der Waals surface area contributed by atoms with Crippen LogP contribution in [0.5, 0.6) is 0 Å². The van der Waals surface area contributed by atoms with Gasteiger partial charge in [0.15, 0.2) is 0 Å². The minimum atomic E-state index is -0.620. The maximum absolute atomic E-state index is 12.4. The lowest BCUT2D eigenvalue weighted by Gasteiger charge is -2.21. The van der Waals surface area contributed by atoms with Crippen molar-refractivity contribution in [2.75, 3.05) is 13.2 Å². The summed E-state index contributed by atoms with van der Waals surface area (Å²) in [6.45, 7) is 11.0. The minimum Gasteiger partial charge on any atom is -0.464 e. The highest BCUT2D eigenvalue weighted by atomic mass is 16.6. The number of hydrogen-bond donors (Lipinski definition) is 1. The van der Waals surface area contributed by atoms with E-state index in [4.69, 9.17) is 9.47 Å². The van der Waals surface area contributed by atoms with Gasteiger partial charge >= 0.3 is 12.1 Å². The standard InChI is InChI=1S/C24H47NO4/c1-6-8-10-11-12-13-14-15-16-17-19-28-22(26)21(18-9-7-2)25-23(27)29-20-24(3,4)5/h21H,6-20H2,1-5H3,(H,25,27). The zero-order valence-corrected chi connectivity index (χ0v) is 19.8. The number of hydrogen-bond acceptors (Lipinski definition) is 4. The summed E-state index contributed by atoms with van der Waals surface area (Å²) in [6, 6.07) is -0.620. The van der Waals surface area contributed by atoms with Gasteiger partial charge in [0, 0.05) is 0 Å². The first-order valence-corrected chi connectivity index (χ1v) is 11.9. The molecular weight excluding hydrogens is 366 g/mol. The molecule has 0 aromatic heterocycles. The summed E-state index contributed by atoms with van der Waals surface area (Å²) in [6.07, 6.45) is 14.3. The van der Waals surface area contributed by atoms with Crippen molar-refractivity contribution in [2.24, 2.45) is 5.41 Å². The Morgan fingerprint density at radius 2 is 1.28 bits per heavy atom. The Hall–Kier alpha value is -1.26. The van der Waals surface area contributed by atoms with Crippen molar-refractivity contribution in [3.8, 4) is 0 Å². The second-order valence-electron chi connectivity index (χ2n) is 9.33. The molecule has 0 aliphatic rings. The molecule has 172 valence electrons. The molecule has 0 aromatic rings. The predicted octanol–water partition coefficient (Wildman–Crippen LogP) is 6.78. The fourth-order valence-corrected chi connectivity index (χ4v) is 2.99. The number of carbonyl (C=O) groups is 2. The average Bonchev–Trinajstić information content (AvgIpc) is 2.67. The van der Waals surface area contributed by atoms with Crippen LogP contribution in [0.1, 0.15) is 118 Å². The molecule has 0 rings (SSSR count). The van der Waals surface area contributed by atoms with E-state index in [2.05, 4.69) is 19.2 Å². The average molecular weight is 414 g/mol. The molecule has 1 N–H and O–H groups in total. The number of carbonyl (C=O) groups excluding carboxylic acids is 2. The monoisotopic (exact) mass is 413 g/mol. The van der Waals surface area contributed by atoms with Gasteiger partial charge in [0.25, 0.3) is 0 Å². The largest absolute Gasteiger partial charge is 0.464 e. The highest BCUT2D eigenvalue weighted by molar-refractivity contribution is 5.81. The van der Waals surface area contributed by atoms with Crippen LogP contribution in [0.2, 0.25) is 0 Å². The van der Waals surface area contributed by atoms with Crippen LogP contribution in [0.15, 0.2) is 0 Å². The number of esters is 1. The Labute approximate surface area is 179 Å². The first-order chi connectivity index (χ1) is 13.8. The third-order valence-electron chi connectivity index (χ3n) is 4.80. The van der Waals surface area contributed by atoms with Crippen LogP contribution in [-0.4, -0.2) is 31.3 Å². The summed E-state index contributed by atoms with van der Waals surface area (Å²) in [5, 5.41) is 2.68. The molecule has 29 heavy (non-hydrogen) atoms. The first kappa shape index (κ1) is 27.7. The lowest BCUT2D eigenvalue weighted by Crippen LogP contribution is -2.42. The summed E-state index contributed by atoms with van der Waals surface area (Å²) in [5.74, 6) is -0.345. The molecule has 1 amide bonds. The number of amides is 1. The highest BCUT2D eigenvalue weighted by Gasteiger charge is 2.23. The van der Waals surface area contributed by atoms with Crippen LogP contribution in [0, 0.1) is 5.41 Å². The molecule has 0 fully saturated rings. The normalized spacial score (nSPS) is 12.4. The summed E-state index contributed by atoms with van der Waals surface area (Å²) in [5.41, 5.74) is -0.105. The van der Waals surface area contributed by atoms with E-state index in [0.29, 0.717) is 19.6 Å². The zero-order chi connectivity index (χ0) is 22.0. The molecular formula is C24H47NO4. The summed E-state index contributed by atoms with van der Waals surface area (Å²) < 4.78 is 10.6. The second-order valence-corrected chi connectivity index (χ2v) is 9.33. The summed E-state index contributed by atoms with van der Waals surface area (Å²) >= 11 is 0. The van der Waals surface area contributed by atoms with Crippen molar-refractivity contribution in [3.05, 3.63) is 0 Å². The van der Waals surface area contributed by atoms with E-state index in [1.165, 1.54) is 51.4 Å². The van der Waals surface area contributed by atoms with Crippen molar-refractivity contribution in [1.29, 1.82) is 0 Å². The fourth-order valence-electron chi connectivity index (χ4n) is 2.99. The van der Waals surface area contributed by atoms with Gasteiger partial charge in [-0.15, -0.1) is 0 Å². The SMILES string of the molecule is CCCCCCCCCCCCOC(=O)C(CCCC)NC(=O)OCC(C)(C)C. The molecule has 0 heterocycles. The van der Waals surface area contributed by atoms with Gasteiger partial charge < -0.3 is 14.8 Å². The van der Waals surface area contributed by atoms with Crippen molar-refractivity contribution in [2.45, 2.75) is 124 Å². The Bertz CT molecular complexity index is 418. The third kappa shape index (κ3) is 18.5. The van der Waals surface area contributed by atoms with E-state index in [0.717, 1.165) is 25.7 Å². The summed E-state index contributed by atoms with van der Waals surface area (Å²) in [7, 11) is 0. The lowest BCUT2D eigenvalue weighted by molar-refractivity contribution is -0.146. The molecule has 0 aliphatic carbocycles. The Kier molecular flexibility index (Phi) is 16.8. The second kappa shape index (κ2) is 17.6. The number of unbranched alkanes of at least 4 members (excludes halogenated alkanes) is 10. The van der Waals surface area contributed by atoms with Crippen molar-refractivity contribution in [1.82, 2.24) is 5.32 Å². The van der Waals surface area contributed by atoms with Gasteiger partial charge in [0.05, 0.1) is 13.2 Å². The first-order valence-electron chi connectivity index (χ1n) is 11.9. The Morgan fingerprint density at radius 1 is 0.759 bits per heavy atom. The number of nitrogens with one attached hydrogen (secondary N) is 1. The molecule has 0 radical (unpaired) electrons. The van der Waals surface area contributed by atoms with Gasteiger partial charge in [-0.25, -0.2) is 9.59 Å². The van der Waals surface area contributed by atoms with Crippen LogP contribution in [0.25, 0.3) is 0 Å². The van der Waals surface area contributed by atoms with E-state index < -0.39 is 12.1 Å². The zero-order valence-electron chi connectivity index (χ0n) is 19.8. The molecule has 5 nitrogen and oxygen atoms in total. The van der Waals surface area contributed by atoms with Crippen LogP contribution in [0.4, 0.5) is 4.79 Å². The molecule has 0 saturated carbocycles. The van der Waals surface area contributed by atoms with Crippen molar-refractivity contribution < 1.29 is 19.1 Å². The van der Waals surface area contributed by atoms with E-state index >= 15 is 0 Å². The van der Waals surface area contributed by atoms with E-state index in [9.17, 15) is 9.59 Å². The van der Waals surface area contributed by atoms with Crippen molar-refractivity contribution in [3.63, 3.8) is 0 Å². The van der Waals surface area contributed by atoms with Gasteiger partial charge in [-0.1, -0.05) is 105 Å². The molecule has 0 aliphatic heterocycles. The Balaban J connectivity index is 3.96. The van der Waals surface area contributed by atoms with E-state index in [1.807, 2.05) is 20.8 Å². The van der Waals surface area contributed by atoms with Crippen LogP contribution in [-0.2, 0) is 14.3 Å². The third-order valence-corrected chi connectivity index (χ3v) is 4.80. The Morgan fingerprint density at radius 3 is 1.79 bits per heavy atom.